The molecule has 1 fully saturated rings. The highest BCUT2D eigenvalue weighted by molar-refractivity contribution is 5.90. The van der Waals surface area contributed by atoms with Crippen molar-refractivity contribution in [2.75, 3.05) is 20.2 Å². The first kappa shape index (κ1) is 17.3. The van der Waals surface area contributed by atoms with Gasteiger partial charge in [0.05, 0.1) is 20.1 Å². The topological polar surface area (TPSA) is 64.6 Å². The van der Waals surface area contributed by atoms with Gasteiger partial charge in [0.1, 0.15) is 6.10 Å². The van der Waals surface area contributed by atoms with E-state index in [9.17, 15) is 4.79 Å². The zero-order valence-corrected chi connectivity index (χ0v) is 15.2. The van der Waals surface area contributed by atoms with E-state index >= 15 is 0 Å². The number of nitrogens with zero attached hydrogens (tertiary/aromatic N) is 3. The van der Waals surface area contributed by atoms with Crippen LogP contribution in [-0.4, -0.2) is 47.3 Å². The van der Waals surface area contributed by atoms with Crippen molar-refractivity contribution in [2.24, 2.45) is 0 Å². The molecule has 4 rings (SSSR count). The van der Waals surface area contributed by atoms with Gasteiger partial charge < -0.3 is 14.4 Å². The minimum atomic E-state index is -0.0656. The lowest BCUT2D eigenvalue weighted by atomic mass is 10.0. The first-order valence-corrected chi connectivity index (χ1v) is 9.02. The van der Waals surface area contributed by atoms with Crippen molar-refractivity contribution in [2.45, 2.75) is 18.9 Å². The van der Waals surface area contributed by atoms with Crippen molar-refractivity contribution in [3.8, 4) is 11.8 Å². The third-order valence-electron chi connectivity index (χ3n) is 4.83. The Kier molecular flexibility index (Phi) is 4.87. The summed E-state index contributed by atoms with van der Waals surface area (Å²) in [4.78, 5) is 14.6. The smallest absolute Gasteiger partial charge is 0.233 e. The summed E-state index contributed by atoms with van der Waals surface area (Å²) in [5, 5.41) is 10.2. The Morgan fingerprint density at radius 3 is 2.67 bits per heavy atom. The predicted octanol–water partition coefficient (Wildman–Crippen LogP) is 2.86. The number of hydrogen-bond acceptors (Lipinski definition) is 5. The van der Waals surface area contributed by atoms with Crippen molar-refractivity contribution in [1.29, 1.82) is 0 Å². The fourth-order valence-corrected chi connectivity index (χ4v) is 3.42. The average Bonchev–Trinajstić information content (AvgIpc) is 3.17. The molecule has 0 saturated carbocycles. The maximum atomic E-state index is 12.8. The summed E-state index contributed by atoms with van der Waals surface area (Å²) in [5.74, 6) is 1.02. The molecule has 2 aromatic carbocycles. The summed E-state index contributed by atoms with van der Waals surface area (Å²) in [6.07, 6.45) is 1.12. The first-order chi connectivity index (χ1) is 13.2. The standard InChI is InChI=1S/C21H21N3O3/c1-26-19-9-10-20(23-22-19)27-17-11-12-24(14-17)21(25)13-16-7-4-6-15-5-2-3-8-18(15)16/h2-10,17H,11-14H2,1H3. The lowest BCUT2D eigenvalue weighted by Crippen LogP contribution is -2.32. The molecule has 0 radical (unpaired) electrons. The summed E-state index contributed by atoms with van der Waals surface area (Å²) in [6, 6.07) is 17.7. The van der Waals surface area contributed by atoms with Gasteiger partial charge in [0.2, 0.25) is 17.7 Å². The van der Waals surface area contributed by atoms with Gasteiger partial charge in [0, 0.05) is 25.1 Å². The number of carbonyl (C=O) groups excluding carboxylic acids is 1. The number of ether oxygens (including phenoxy) is 2. The van der Waals surface area contributed by atoms with E-state index in [1.165, 1.54) is 0 Å². The Balaban J connectivity index is 1.38. The molecule has 1 aliphatic heterocycles. The molecule has 6 heteroatoms. The fraction of sp³-hybridized carbons (Fsp3) is 0.286. The molecule has 27 heavy (non-hydrogen) atoms. The Hall–Kier alpha value is -3.15. The summed E-state index contributed by atoms with van der Waals surface area (Å²) in [6.45, 7) is 1.26. The molecule has 0 aliphatic carbocycles. The number of likely N-dealkylation sites (tertiary alicyclic amines) is 1. The van der Waals surface area contributed by atoms with Gasteiger partial charge in [-0.25, -0.2) is 0 Å². The van der Waals surface area contributed by atoms with Crippen molar-refractivity contribution >= 4 is 16.7 Å². The lowest BCUT2D eigenvalue weighted by Gasteiger charge is -2.17. The Morgan fingerprint density at radius 1 is 1.07 bits per heavy atom. The largest absolute Gasteiger partial charge is 0.480 e. The normalized spacial score (nSPS) is 16.5. The number of carbonyl (C=O) groups is 1. The van der Waals surface area contributed by atoms with E-state index in [0.29, 0.717) is 31.3 Å². The molecular weight excluding hydrogens is 342 g/mol. The monoisotopic (exact) mass is 363 g/mol. The minimum Gasteiger partial charge on any atom is -0.480 e. The van der Waals surface area contributed by atoms with Crippen molar-refractivity contribution < 1.29 is 14.3 Å². The van der Waals surface area contributed by atoms with Crippen molar-refractivity contribution in [3.05, 3.63) is 60.2 Å². The van der Waals surface area contributed by atoms with E-state index in [0.717, 1.165) is 22.8 Å². The van der Waals surface area contributed by atoms with Gasteiger partial charge in [0.15, 0.2) is 0 Å². The third kappa shape index (κ3) is 3.84. The number of aromatic nitrogens is 2. The molecule has 0 N–H and O–H groups in total. The van der Waals surface area contributed by atoms with Crippen LogP contribution in [0.4, 0.5) is 0 Å². The summed E-state index contributed by atoms with van der Waals surface area (Å²) >= 11 is 0. The Bertz CT molecular complexity index is 938. The molecule has 138 valence electrons. The molecular formula is C21H21N3O3. The van der Waals surface area contributed by atoms with Gasteiger partial charge in [-0.1, -0.05) is 42.5 Å². The van der Waals surface area contributed by atoms with Crippen LogP contribution in [0.15, 0.2) is 54.6 Å². The number of rotatable bonds is 5. The number of hydrogen-bond donors (Lipinski definition) is 0. The highest BCUT2D eigenvalue weighted by Gasteiger charge is 2.28. The second-order valence-corrected chi connectivity index (χ2v) is 6.60. The fourth-order valence-electron chi connectivity index (χ4n) is 3.42. The van der Waals surface area contributed by atoms with Crippen LogP contribution in [0.1, 0.15) is 12.0 Å². The highest BCUT2D eigenvalue weighted by atomic mass is 16.5. The molecule has 0 spiro atoms. The first-order valence-electron chi connectivity index (χ1n) is 9.02. The van der Waals surface area contributed by atoms with Gasteiger partial charge in [-0.3, -0.25) is 4.79 Å². The summed E-state index contributed by atoms with van der Waals surface area (Å²) < 4.78 is 10.8. The quantitative estimate of drug-likeness (QED) is 0.697. The molecule has 1 saturated heterocycles. The molecule has 1 aliphatic rings. The Morgan fingerprint density at radius 2 is 1.85 bits per heavy atom. The maximum absolute atomic E-state index is 12.8. The number of benzene rings is 2. The molecule has 1 aromatic heterocycles. The SMILES string of the molecule is COc1ccc(OC2CCN(C(=O)Cc3cccc4ccccc34)C2)nn1. The van der Waals surface area contributed by atoms with Crippen LogP contribution in [0.2, 0.25) is 0 Å². The van der Waals surface area contributed by atoms with Gasteiger partial charge in [-0.15, -0.1) is 10.2 Å². The second-order valence-electron chi connectivity index (χ2n) is 6.60. The van der Waals surface area contributed by atoms with Gasteiger partial charge in [0.25, 0.3) is 0 Å². The van der Waals surface area contributed by atoms with E-state index in [1.54, 1.807) is 19.2 Å². The second kappa shape index (κ2) is 7.61. The van der Waals surface area contributed by atoms with E-state index in [2.05, 4.69) is 28.4 Å². The van der Waals surface area contributed by atoms with Gasteiger partial charge >= 0.3 is 0 Å². The third-order valence-corrected chi connectivity index (χ3v) is 4.83. The van der Waals surface area contributed by atoms with Crippen LogP contribution in [0.3, 0.4) is 0 Å². The van der Waals surface area contributed by atoms with Crippen LogP contribution in [0.5, 0.6) is 11.8 Å². The van der Waals surface area contributed by atoms with Gasteiger partial charge in [-0.2, -0.15) is 0 Å². The van der Waals surface area contributed by atoms with Crippen LogP contribution in [0.25, 0.3) is 10.8 Å². The predicted molar refractivity (Wildman–Crippen MR) is 102 cm³/mol. The molecule has 1 amide bonds. The zero-order valence-electron chi connectivity index (χ0n) is 15.2. The van der Waals surface area contributed by atoms with Gasteiger partial charge in [-0.05, 0) is 16.3 Å². The minimum absolute atomic E-state index is 0.0656. The highest BCUT2D eigenvalue weighted by Crippen LogP contribution is 2.22. The number of amides is 1. The van der Waals surface area contributed by atoms with Crippen LogP contribution >= 0.6 is 0 Å². The Labute approximate surface area is 157 Å². The molecule has 3 aromatic rings. The molecule has 6 nitrogen and oxygen atoms in total. The van der Waals surface area contributed by atoms with E-state index in [4.69, 9.17) is 9.47 Å². The average molecular weight is 363 g/mol. The molecule has 1 atom stereocenters. The lowest BCUT2D eigenvalue weighted by molar-refractivity contribution is -0.129. The van der Waals surface area contributed by atoms with Crippen LogP contribution < -0.4 is 9.47 Å². The van der Waals surface area contributed by atoms with Crippen molar-refractivity contribution in [3.63, 3.8) is 0 Å². The molecule has 1 unspecified atom stereocenters. The van der Waals surface area contributed by atoms with Crippen LogP contribution in [-0.2, 0) is 11.2 Å². The van der Waals surface area contributed by atoms with Crippen LogP contribution in [0, 0.1) is 0 Å². The molecule has 2 heterocycles. The zero-order chi connectivity index (χ0) is 18.6. The van der Waals surface area contributed by atoms with E-state index < -0.39 is 0 Å². The van der Waals surface area contributed by atoms with Crippen molar-refractivity contribution in [1.82, 2.24) is 15.1 Å². The van der Waals surface area contributed by atoms with E-state index in [-0.39, 0.29) is 12.0 Å². The summed E-state index contributed by atoms with van der Waals surface area (Å²) in [5.41, 5.74) is 1.06. The summed E-state index contributed by atoms with van der Waals surface area (Å²) in [7, 11) is 1.54. The molecule has 0 bridgehead atoms. The number of fused-ring (bicyclic) bond motifs is 1. The van der Waals surface area contributed by atoms with E-state index in [1.807, 2.05) is 29.2 Å². The number of methoxy groups -OCH3 is 1. The maximum Gasteiger partial charge on any atom is 0.233 e.